The van der Waals surface area contributed by atoms with Gasteiger partial charge >= 0.3 is 8.69 Å². The van der Waals surface area contributed by atoms with Crippen LogP contribution in [0.15, 0.2) is 0 Å². The van der Waals surface area contributed by atoms with Crippen molar-refractivity contribution in [3.8, 4) is 0 Å². The third kappa shape index (κ3) is 1.83. The van der Waals surface area contributed by atoms with E-state index in [0.717, 1.165) is 0 Å². The summed E-state index contributed by atoms with van der Waals surface area (Å²) in [6.45, 7) is -0.408. The zero-order valence-corrected chi connectivity index (χ0v) is 6.99. The highest BCUT2D eigenvalue weighted by molar-refractivity contribution is 7.17. The fraction of sp³-hybridized carbons (Fsp3) is 1.00. The van der Waals surface area contributed by atoms with Gasteiger partial charge in [-0.05, 0) is 0 Å². The topological polar surface area (TPSA) is 55.8 Å². The predicted molar refractivity (Wildman–Crippen MR) is 38.9 cm³/mol. The van der Waals surface area contributed by atoms with Gasteiger partial charge in [0.2, 0.25) is 0 Å². The second-order valence-corrected chi connectivity index (χ2v) is 2.77. The molecule has 0 aromatic heterocycles. The number of ether oxygens (including phenoxy) is 1. The molecule has 2 radical (unpaired) electrons. The summed E-state index contributed by atoms with van der Waals surface area (Å²) in [5.74, 6) is 0. The van der Waals surface area contributed by atoms with Gasteiger partial charge in [0.1, 0.15) is 26.2 Å². The summed E-state index contributed by atoms with van der Waals surface area (Å²) in [5, 5.41) is 8.67. The smallest absolute Gasteiger partial charge is 0.327 e. The van der Waals surface area contributed by atoms with Gasteiger partial charge < -0.3 is 9.84 Å². The Kier molecular flexibility index (Phi) is 3.59. The zero-order valence-electron chi connectivity index (χ0n) is 6.09. The Labute approximate surface area is 71.7 Å². The van der Waals surface area contributed by atoms with Crippen LogP contribution >= 0.6 is 8.69 Å². The van der Waals surface area contributed by atoms with Crippen LogP contribution < -0.4 is 0 Å². The first kappa shape index (κ1) is 10.1. The molecule has 0 amide bonds. The molecule has 0 spiro atoms. The van der Waals surface area contributed by atoms with Gasteiger partial charge in [0.25, 0.3) is 0 Å². The first-order valence-corrected chi connectivity index (χ1v) is 4.08. The van der Waals surface area contributed by atoms with Crippen LogP contribution in [-0.4, -0.2) is 43.9 Å². The minimum Gasteiger partial charge on any atom is -0.394 e. The second-order valence-electron chi connectivity index (χ2n) is 2.41. The van der Waals surface area contributed by atoms with Crippen molar-refractivity contribution in [3.63, 3.8) is 0 Å². The first-order valence-electron chi connectivity index (χ1n) is 3.35. The fourth-order valence-corrected chi connectivity index (χ4v) is 1.42. The number of rotatable bonds is 3. The molecule has 0 saturated carbocycles. The van der Waals surface area contributed by atoms with Crippen LogP contribution in [0.3, 0.4) is 0 Å². The number of hydrogen-bond acceptors (Lipinski definition) is 4. The molecule has 1 N–H and O–H groups in total. The Bertz CT molecular complexity index is 172. The lowest BCUT2D eigenvalue weighted by Gasteiger charge is -2.12. The Balaban J connectivity index is 2.59. The summed E-state index contributed by atoms with van der Waals surface area (Å²) < 4.78 is 32.2. The third-order valence-corrected chi connectivity index (χ3v) is 2.00. The molecule has 4 nitrogen and oxygen atoms in total. The molecule has 1 heterocycles. The average molecular weight is 192 g/mol. The van der Waals surface area contributed by atoms with Crippen LogP contribution in [0.1, 0.15) is 0 Å². The molecular formula is C5H7BFO4P. The van der Waals surface area contributed by atoms with Crippen molar-refractivity contribution in [1.82, 2.24) is 0 Å². The first-order chi connectivity index (χ1) is 5.70. The average Bonchev–Trinajstić information content (AvgIpc) is 2.33. The summed E-state index contributed by atoms with van der Waals surface area (Å²) in [6.07, 6.45) is -3.44. The van der Waals surface area contributed by atoms with E-state index in [4.69, 9.17) is 17.7 Å². The van der Waals surface area contributed by atoms with Crippen LogP contribution in [0, 0.1) is 0 Å². The van der Waals surface area contributed by atoms with Crippen molar-refractivity contribution in [1.29, 1.82) is 0 Å². The van der Waals surface area contributed by atoms with Crippen LogP contribution in [0.2, 0.25) is 0 Å². The molecule has 0 aromatic carbocycles. The summed E-state index contributed by atoms with van der Waals surface area (Å²) in [6, 6.07) is -1.12. The number of aliphatic hydroxyl groups excluding tert-OH is 1. The van der Waals surface area contributed by atoms with Crippen molar-refractivity contribution in [2.75, 3.05) is 6.61 Å². The van der Waals surface area contributed by atoms with Crippen LogP contribution in [0.25, 0.3) is 0 Å². The minimum absolute atomic E-state index is 0.408. The minimum atomic E-state index is -1.55. The molecule has 1 aliphatic heterocycles. The Morgan fingerprint density at radius 3 is 2.92 bits per heavy atom. The quantitative estimate of drug-likeness (QED) is 0.496. The normalized spacial score (nSPS) is 42.2. The van der Waals surface area contributed by atoms with Crippen molar-refractivity contribution in [3.05, 3.63) is 0 Å². The lowest BCUT2D eigenvalue weighted by Crippen LogP contribution is -2.31. The van der Waals surface area contributed by atoms with Gasteiger partial charge in [-0.15, -0.1) is 0 Å². The fourth-order valence-electron chi connectivity index (χ4n) is 1.07. The molecule has 4 atom stereocenters. The highest BCUT2D eigenvalue weighted by Gasteiger charge is 2.43. The van der Waals surface area contributed by atoms with Gasteiger partial charge in [0.15, 0.2) is 0 Å². The molecular weight excluding hydrogens is 185 g/mol. The molecule has 0 aromatic rings. The largest absolute Gasteiger partial charge is 0.394 e. The molecule has 1 aliphatic rings. The molecule has 12 heavy (non-hydrogen) atoms. The summed E-state index contributed by atoms with van der Waals surface area (Å²) in [7, 11) is 4.52. The molecule has 1 saturated heterocycles. The monoisotopic (exact) mass is 192 g/mol. The molecule has 0 aliphatic carbocycles. The van der Waals surface area contributed by atoms with Crippen LogP contribution in [0.5, 0.6) is 0 Å². The molecule has 66 valence electrons. The number of halogens is 1. The summed E-state index contributed by atoms with van der Waals surface area (Å²) >= 11 is 0. The van der Waals surface area contributed by atoms with Gasteiger partial charge in [0.05, 0.1) is 12.6 Å². The van der Waals surface area contributed by atoms with Gasteiger partial charge in [-0.25, -0.2) is 8.96 Å². The Hall–Kier alpha value is -0.0251. The molecule has 1 unspecified atom stereocenters. The maximum absolute atomic E-state index is 13.0. The number of aliphatic hydroxyl groups is 1. The Morgan fingerprint density at radius 1 is 1.75 bits per heavy atom. The second kappa shape index (κ2) is 4.28. The number of alkyl halides is 1. The summed E-state index contributed by atoms with van der Waals surface area (Å²) in [5.41, 5.74) is 0. The van der Waals surface area contributed by atoms with E-state index in [1.807, 2.05) is 0 Å². The predicted octanol–water partition coefficient (Wildman–Crippen LogP) is -0.198. The van der Waals surface area contributed by atoms with Gasteiger partial charge in [-0.1, -0.05) is 0 Å². The van der Waals surface area contributed by atoms with E-state index in [1.165, 1.54) is 0 Å². The summed E-state index contributed by atoms with van der Waals surface area (Å²) in [4.78, 5) is 0. The third-order valence-electron chi connectivity index (χ3n) is 1.67. The SMILES string of the molecule is [B][C@@H]1O[C@H](CO)C(OP=O)[C@@H]1F. The maximum atomic E-state index is 13.0. The van der Waals surface area contributed by atoms with E-state index in [2.05, 4.69) is 4.52 Å². The van der Waals surface area contributed by atoms with E-state index in [-0.39, 0.29) is 0 Å². The highest BCUT2D eigenvalue weighted by Crippen LogP contribution is 2.27. The van der Waals surface area contributed by atoms with Gasteiger partial charge in [0, 0.05) is 0 Å². The van der Waals surface area contributed by atoms with E-state index in [0.29, 0.717) is 0 Å². The Morgan fingerprint density at radius 2 is 2.42 bits per heavy atom. The molecule has 1 rings (SSSR count). The van der Waals surface area contributed by atoms with E-state index in [1.54, 1.807) is 0 Å². The zero-order chi connectivity index (χ0) is 9.14. The van der Waals surface area contributed by atoms with Crippen molar-refractivity contribution in [2.45, 2.75) is 24.4 Å². The standard InChI is InChI=1S/C5H7BFO4P/c6-5-3(7)4(11-12-9)2(1-8)10-5/h2-5,8H,1H2/t2-,3+,4?,5-/m1/s1. The van der Waals surface area contributed by atoms with Gasteiger partial charge in [-0.3, -0.25) is 4.52 Å². The molecule has 1 fully saturated rings. The maximum Gasteiger partial charge on any atom is 0.327 e. The van der Waals surface area contributed by atoms with Crippen LogP contribution in [0.4, 0.5) is 4.39 Å². The van der Waals surface area contributed by atoms with Crippen LogP contribution in [-0.2, 0) is 13.8 Å². The lowest BCUT2D eigenvalue weighted by molar-refractivity contribution is 0.00650. The van der Waals surface area contributed by atoms with Crippen molar-refractivity contribution < 1.29 is 23.3 Å². The van der Waals surface area contributed by atoms with E-state index in [9.17, 15) is 8.96 Å². The van der Waals surface area contributed by atoms with Gasteiger partial charge in [-0.2, -0.15) is 0 Å². The van der Waals surface area contributed by atoms with E-state index < -0.39 is 39.7 Å². The molecule has 0 bridgehead atoms. The van der Waals surface area contributed by atoms with E-state index >= 15 is 0 Å². The van der Waals surface area contributed by atoms with Crippen molar-refractivity contribution in [2.24, 2.45) is 0 Å². The molecule has 7 heteroatoms. The number of hydrogen-bond donors (Lipinski definition) is 1. The van der Waals surface area contributed by atoms with Crippen molar-refractivity contribution >= 4 is 16.5 Å². The highest BCUT2D eigenvalue weighted by atomic mass is 31.1. The lowest BCUT2D eigenvalue weighted by atomic mass is 9.94.